The highest BCUT2D eigenvalue weighted by Gasteiger charge is 2.28. The molecular weight excluding hydrogens is 188 g/mol. The summed E-state index contributed by atoms with van der Waals surface area (Å²) in [6, 6.07) is 0. The van der Waals surface area contributed by atoms with Crippen molar-refractivity contribution >= 4 is 5.97 Å². The maximum atomic E-state index is 11.1. The van der Waals surface area contributed by atoms with E-state index in [1.54, 1.807) is 0 Å². The largest absolute Gasteiger partial charge is 0.481 e. The third kappa shape index (κ3) is 3.54. The van der Waals surface area contributed by atoms with Crippen LogP contribution in [-0.4, -0.2) is 11.1 Å². The molecule has 2 heteroatoms. The van der Waals surface area contributed by atoms with Gasteiger partial charge in [0.05, 0.1) is 5.92 Å². The highest BCUT2D eigenvalue weighted by molar-refractivity contribution is 5.71. The van der Waals surface area contributed by atoms with E-state index in [1.165, 1.54) is 5.57 Å². The van der Waals surface area contributed by atoms with Gasteiger partial charge in [-0.1, -0.05) is 17.2 Å². The van der Waals surface area contributed by atoms with E-state index in [4.69, 9.17) is 5.11 Å². The maximum Gasteiger partial charge on any atom is 0.307 e. The molecule has 2 unspecified atom stereocenters. The second-order valence-corrected chi connectivity index (χ2v) is 4.66. The van der Waals surface area contributed by atoms with Gasteiger partial charge in [-0.15, -0.1) is 6.58 Å². The smallest absolute Gasteiger partial charge is 0.307 e. The lowest BCUT2D eigenvalue weighted by atomic mass is 9.78. The molecule has 0 aromatic rings. The van der Waals surface area contributed by atoms with Crippen LogP contribution in [0.1, 0.15) is 39.5 Å². The molecule has 1 N–H and O–H groups in total. The first-order valence-corrected chi connectivity index (χ1v) is 5.55. The van der Waals surface area contributed by atoms with Gasteiger partial charge in [-0.05, 0) is 45.4 Å². The van der Waals surface area contributed by atoms with E-state index < -0.39 is 5.97 Å². The van der Waals surface area contributed by atoms with Crippen molar-refractivity contribution in [2.75, 3.05) is 0 Å². The summed E-state index contributed by atoms with van der Waals surface area (Å²) in [4.78, 5) is 11.1. The summed E-state index contributed by atoms with van der Waals surface area (Å²) < 4.78 is 0. The van der Waals surface area contributed by atoms with Gasteiger partial charge in [-0.3, -0.25) is 4.79 Å². The van der Waals surface area contributed by atoms with E-state index in [0.717, 1.165) is 31.3 Å². The van der Waals surface area contributed by atoms with Crippen LogP contribution in [0.4, 0.5) is 0 Å². The summed E-state index contributed by atoms with van der Waals surface area (Å²) in [6.07, 6.45) is 5.71. The van der Waals surface area contributed by atoms with Crippen molar-refractivity contribution in [3.63, 3.8) is 0 Å². The van der Waals surface area contributed by atoms with E-state index in [1.807, 2.05) is 6.92 Å². The molecule has 0 fully saturated rings. The second-order valence-electron chi connectivity index (χ2n) is 4.66. The van der Waals surface area contributed by atoms with Crippen molar-refractivity contribution in [1.82, 2.24) is 0 Å². The summed E-state index contributed by atoms with van der Waals surface area (Å²) in [5.74, 6) is -0.633. The zero-order valence-electron chi connectivity index (χ0n) is 9.62. The Balaban J connectivity index is 2.65. The Morgan fingerprint density at radius 2 is 2.33 bits per heavy atom. The molecular formula is C13H20O2. The monoisotopic (exact) mass is 208 g/mol. The first kappa shape index (κ1) is 12.0. The van der Waals surface area contributed by atoms with Crippen molar-refractivity contribution in [2.24, 2.45) is 11.8 Å². The fourth-order valence-corrected chi connectivity index (χ4v) is 2.17. The summed E-state index contributed by atoms with van der Waals surface area (Å²) in [7, 11) is 0. The SMILES string of the molecule is C=C(C)CCC1C=C(C)CCC1C(=O)O. The van der Waals surface area contributed by atoms with Crippen molar-refractivity contribution in [3.05, 3.63) is 23.8 Å². The predicted octanol–water partition coefficient (Wildman–Crippen LogP) is 3.40. The fourth-order valence-electron chi connectivity index (χ4n) is 2.17. The number of hydrogen-bond donors (Lipinski definition) is 1. The fraction of sp³-hybridized carbons (Fsp3) is 0.615. The van der Waals surface area contributed by atoms with Crippen LogP contribution >= 0.6 is 0 Å². The van der Waals surface area contributed by atoms with E-state index in [0.29, 0.717) is 0 Å². The lowest BCUT2D eigenvalue weighted by molar-refractivity contribution is -0.143. The molecule has 0 aromatic heterocycles. The molecule has 0 radical (unpaired) electrons. The van der Waals surface area contributed by atoms with Crippen LogP contribution in [0.5, 0.6) is 0 Å². The number of carboxylic acid groups (broad SMARTS) is 1. The van der Waals surface area contributed by atoms with Crippen LogP contribution in [0.15, 0.2) is 23.8 Å². The minimum Gasteiger partial charge on any atom is -0.481 e. The van der Waals surface area contributed by atoms with Crippen molar-refractivity contribution in [3.8, 4) is 0 Å². The molecule has 1 aliphatic carbocycles. The molecule has 0 bridgehead atoms. The molecule has 2 atom stereocenters. The highest BCUT2D eigenvalue weighted by Crippen LogP contribution is 2.32. The molecule has 84 valence electrons. The average molecular weight is 208 g/mol. The second kappa shape index (κ2) is 5.15. The van der Waals surface area contributed by atoms with Gasteiger partial charge in [0, 0.05) is 0 Å². The molecule has 15 heavy (non-hydrogen) atoms. The molecule has 0 aromatic carbocycles. The number of hydrogen-bond acceptors (Lipinski definition) is 1. The molecule has 0 saturated heterocycles. The van der Waals surface area contributed by atoms with Crippen LogP contribution in [0.25, 0.3) is 0 Å². The molecule has 0 aliphatic heterocycles. The Morgan fingerprint density at radius 3 is 2.87 bits per heavy atom. The standard InChI is InChI=1S/C13H20O2/c1-9(2)4-6-11-8-10(3)5-7-12(11)13(14)15/h8,11-12H,1,4-7H2,2-3H3,(H,14,15). The molecule has 0 heterocycles. The third-order valence-electron chi connectivity index (χ3n) is 3.09. The van der Waals surface area contributed by atoms with E-state index in [9.17, 15) is 4.79 Å². The van der Waals surface area contributed by atoms with Crippen LogP contribution in [0, 0.1) is 11.8 Å². The lowest BCUT2D eigenvalue weighted by Crippen LogP contribution is -2.25. The zero-order valence-corrected chi connectivity index (χ0v) is 9.62. The molecule has 2 nitrogen and oxygen atoms in total. The van der Waals surface area contributed by atoms with Gasteiger partial charge in [0.1, 0.15) is 0 Å². The normalized spacial score (nSPS) is 25.9. The number of rotatable bonds is 4. The Kier molecular flexibility index (Phi) is 4.13. The molecule has 1 rings (SSSR count). The average Bonchev–Trinajstić information content (AvgIpc) is 2.14. The minimum absolute atomic E-state index is 0.187. The van der Waals surface area contributed by atoms with E-state index >= 15 is 0 Å². The lowest BCUT2D eigenvalue weighted by Gasteiger charge is -2.26. The first-order chi connectivity index (χ1) is 7.00. The summed E-state index contributed by atoms with van der Waals surface area (Å²) >= 11 is 0. The van der Waals surface area contributed by atoms with Gasteiger partial charge < -0.3 is 5.11 Å². The number of aliphatic carboxylic acids is 1. The molecule has 1 aliphatic rings. The number of carbonyl (C=O) groups is 1. The van der Waals surface area contributed by atoms with Gasteiger partial charge in [0.25, 0.3) is 0 Å². The Bertz CT molecular complexity index is 289. The van der Waals surface area contributed by atoms with Gasteiger partial charge in [0.2, 0.25) is 0 Å². The molecule has 0 amide bonds. The summed E-state index contributed by atoms with van der Waals surface area (Å²) in [6.45, 7) is 7.94. The number of carboxylic acids is 1. The van der Waals surface area contributed by atoms with Crippen molar-refractivity contribution in [2.45, 2.75) is 39.5 Å². The van der Waals surface area contributed by atoms with Gasteiger partial charge in [-0.25, -0.2) is 0 Å². The van der Waals surface area contributed by atoms with Crippen molar-refractivity contribution in [1.29, 1.82) is 0 Å². The first-order valence-electron chi connectivity index (χ1n) is 5.55. The van der Waals surface area contributed by atoms with Crippen molar-refractivity contribution < 1.29 is 9.90 Å². The summed E-state index contributed by atoms with van der Waals surface area (Å²) in [5.41, 5.74) is 2.47. The minimum atomic E-state index is -0.648. The van der Waals surface area contributed by atoms with Gasteiger partial charge >= 0.3 is 5.97 Å². The van der Waals surface area contributed by atoms with Crippen LogP contribution in [0.3, 0.4) is 0 Å². The topological polar surface area (TPSA) is 37.3 Å². The van der Waals surface area contributed by atoms with Gasteiger partial charge in [-0.2, -0.15) is 0 Å². The quantitative estimate of drug-likeness (QED) is 0.719. The Morgan fingerprint density at radius 1 is 1.67 bits per heavy atom. The number of allylic oxidation sites excluding steroid dienone is 3. The highest BCUT2D eigenvalue weighted by atomic mass is 16.4. The molecule has 0 saturated carbocycles. The van der Waals surface area contributed by atoms with E-state index in [-0.39, 0.29) is 11.8 Å². The summed E-state index contributed by atoms with van der Waals surface area (Å²) in [5, 5.41) is 9.11. The van der Waals surface area contributed by atoms with Crippen LogP contribution in [0.2, 0.25) is 0 Å². The molecule has 0 spiro atoms. The van der Waals surface area contributed by atoms with E-state index in [2.05, 4.69) is 19.6 Å². The Labute approximate surface area is 91.7 Å². The van der Waals surface area contributed by atoms with Gasteiger partial charge in [0.15, 0.2) is 0 Å². The predicted molar refractivity (Wildman–Crippen MR) is 61.7 cm³/mol. The Hall–Kier alpha value is -1.05. The van der Waals surface area contributed by atoms with Crippen LogP contribution in [-0.2, 0) is 4.79 Å². The maximum absolute atomic E-state index is 11.1. The third-order valence-corrected chi connectivity index (χ3v) is 3.09. The zero-order chi connectivity index (χ0) is 11.4. The van der Waals surface area contributed by atoms with Crippen LogP contribution < -0.4 is 0 Å².